The Bertz CT molecular complexity index is 1570. The smallest absolute Gasteiger partial charge is 0.341 e. The Morgan fingerprint density at radius 1 is 1.20 bits per heavy atom. The highest BCUT2D eigenvalue weighted by Gasteiger charge is 2.29. The van der Waals surface area contributed by atoms with E-state index in [0.29, 0.717) is 32.3 Å². The van der Waals surface area contributed by atoms with Gasteiger partial charge in [-0.3, -0.25) is 14.2 Å². The second kappa shape index (κ2) is 12.9. The molecule has 0 unspecified atom stereocenters. The van der Waals surface area contributed by atoms with Gasteiger partial charge >= 0.3 is 5.97 Å². The first-order valence-corrected chi connectivity index (χ1v) is 15.2. The number of aromatic nitrogens is 3. The minimum Gasteiger partial charge on any atom is -0.462 e. The highest BCUT2D eigenvalue weighted by Crippen LogP contribution is 2.39. The highest BCUT2D eigenvalue weighted by molar-refractivity contribution is 8.00. The second-order valence-electron chi connectivity index (χ2n) is 9.26. The largest absolute Gasteiger partial charge is 0.462 e. The van der Waals surface area contributed by atoms with Gasteiger partial charge in [0.25, 0.3) is 5.91 Å². The van der Waals surface area contributed by atoms with Crippen molar-refractivity contribution in [1.82, 2.24) is 20.1 Å². The quantitative estimate of drug-likeness (QED) is 0.173. The maximum Gasteiger partial charge on any atom is 0.341 e. The third kappa shape index (κ3) is 6.50. The predicted molar refractivity (Wildman–Crippen MR) is 157 cm³/mol. The molecule has 41 heavy (non-hydrogen) atoms. The number of benzene rings is 1. The summed E-state index contributed by atoms with van der Waals surface area (Å²) in [6, 6.07) is 10.3. The van der Waals surface area contributed by atoms with Crippen molar-refractivity contribution in [2.45, 2.75) is 56.5 Å². The molecule has 1 aliphatic carbocycles. The van der Waals surface area contributed by atoms with Crippen molar-refractivity contribution in [3.8, 4) is 5.69 Å². The number of anilines is 1. The first-order chi connectivity index (χ1) is 19.9. The van der Waals surface area contributed by atoms with E-state index >= 15 is 0 Å². The van der Waals surface area contributed by atoms with Crippen LogP contribution in [0.15, 0.2) is 52.2 Å². The number of aryl methyl sites for hydroxylation is 1. The van der Waals surface area contributed by atoms with Crippen LogP contribution in [0.3, 0.4) is 0 Å². The summed E-state index contributed by atoms with van der Waals surface area (Å²) in [6.45, 7) is 3.84. The average Bonchev–Trinajstić information content (AvgIpc) is 3.70. The van der Waals surface area contributed by atoms with Crippen molar-refractivity contribution < 1.29 is 23.5 Å². The van der Waals surface area contributed by atoms with Gasteiger partial charge in [-0.15, -0.1) is 21.5 Å². The van der Waals surface area contributed by atoms with E-state index in [9.17, 15) is 14.4 Å². The van der Waals surface area contributed by atoms with E-state index in [0.717, 1.165) is 36.1 Å². The summed E-state index contributed by atoms with van der Waals surface area (Å²) in [5.74, 6) is -0.473. The number of esters is 1. The number of amides is 2. The minimum atomic E-state index is -0.600. The van der Waals surface area contributed by atoms with E-state index in [4.69, 9.17) is 20.8 Å². The lowest BCUT2D eigenvalue weighted by Gasteiger charge is -2.15. The Hall–Kier alpha value is -3.61. The van der Waals surface area contributed by atoms with Crippen LogP contribution in [-0.2, 0) is 28.9 Å². The van der Waals surface area contributed by atoms with Crippen LogP contribution in [0, 0.1) is 0 Å². The molecule has 1 aliphatic rings. The molecule has 13 heteroatoms. The number of ether oxygens (including phenoxy) is 1. The van der Waals surface area contributed by atoms with Crippen LogP contribution in [0.4, 0.5) is 5.00 Å². The monoisotopic (exact) mass is 613 g/mol. The third-order valence-corrected chi connectivity index (χ3v) is 8.94. The normalized spacial score (nSPS) is 13.3. The molecule has 1 atom stereocenters. The molecule has 10 nitrogen and oxygen atoms in total. The van der Waals surface area contributed by atoms with E-state index in [-0.39, 0.29) is 24.8 Å². The molecule has 3 heterocycles. The molecule has 0 fully saturated rings. The van der Waals surface area contributed by atoms with Gasteiger partial charge in [-0.2, -0.15) is 0 Å². The maximum absolute atomic E-state index is 13.4. The van der Waals surface area contributed by atoms with Crippen LogP contribution in [0.5, 0.6) is 0 Å². The number of hydrogen-bond acceptors (Lipinski definition) is 9. The van der Waals surface area contributed by atoms with Gasteiger partial charge < -0.3 is 19.8 Å². The molecule has 5 rings (SSSR count). The Labute approximate surface area is 249 Å². The summed E-state index contributed by atoms with van der Waals surface area (Å²) in [6.07, 6.45) is 5.15. The molecule has 2 N–H and O–H groups in total. The SMILES string of the molecule is CCOC(=O)c1c(NC(=O)[C@H](C)Sc2nnc(CNC(=O)c3ccco3)n2-c2cccc(Cl)c2)sc2c1CCCC2. The number of nitrogens with zero attached hydrogens (tertiary/aromatic N) is 3. The summed E-state index contributed by atoms with van der Waals surface area (Å²) in [4.78, 5) is 39.8. The Balaban J connectivity index is 1.37. The molecule has 0 saturated heterocycles. The van der Waals surface area contributed by atoms with Crippen molar-refractivity contribution >= 4 is 57.5 Å². The summed E-state index contributed by atoms with van der Waals surface area (Å²) in [7, 11) is 0. The third-order valence-electron chi connectivity index (χ3n) is 6.46. The predicted octanol–water partition coefficient (Wildman–Crippen LogP) is 5.68. The van der Waals surface area contributed by atoms with Gasteiger partial charge in [0.05, 0.1) is 35.9 Å². The number of thiophene rings is 1. The fourth-order valence-electron chi connectivity index (χ4n) is 4.52. The number of furan rings is 1. The standard InChI is InChI=1S/C28H28ClN5O5S2/c1-3-38-27(37)23-19-10-4-5-12-21(19)41-26(23)31-24(35)16(2)40-28-33-32-22(15-30-25(36)20-11-7-13-39-20)34(28)18-9-6-8-17(29)14-18/h6-9,11,13-14,16H,3-5,10,12,15H2,1-2H3,(H,30,36)(H,31,35)/t16-/m0/s1. The minimum absolute atomic E-state index is 0.0594. The van der Waals surface area contributed by atoms with Gasteiger partial charge in [0.1, 0.15) is 5.00 Å². The Morgan fingerprint density at radius 2 is 2.02 bits per heavy atom. The van der Waals surface area contributed by atoms with E-state index in [1.165, 1.54) is 29.4 Å². The zero-order valence-electron chi connectivity index (χ0n) is 22.4. The summed E-state index contributed by atoms with van der Waals surface area (Å²) in [5, 5.41) is 15.2. The Morgan fingerprint density at radius 3 is 2.78 bits per heavy atom. The zero-order chi connectivity index (χ0) is 28.9. The molecule has 2 amide bonds. The van der Waals surface area contributed by atoms with Crippen LogP contribution in [-0.4, -0.2) is 44.4 Å². The molecule has 0 bridgehead atoms. The van der Waals surface area contributed by atoms with Gasteiger partial charge in [-0.1, -0.05) is 29.4 Å². The highest BCUT2D eigenvalue weighted by atomic mass is 35.5. The van der Waals surface area contributed by atoms with E-state index in [2.05, 4.69) is 20.8 Å². The molecule has 214 valence electrons. The number of hydrogen-bond donors (Lipinski definition) is 2. The number of fused-ring (bicyclic) bond motifs is 1. The molecule has 0 spiro atoms. The molecule has 0 saturated carbocycles. The number of thioether (sulfide) groups is 1. The van der Waals surface area contributed by atoms with Gasteiger partial charge in [-0.05, 0) is 75.4 Å². The first-order valence-electron chi connectivity index (χ1n) is 13.2. The van der Waals surface area contributed by atoms with Gasteiger partial charge in [0.15, 0.2) is 16.7 Å². The summed E-state index contributed by atoms with van der Waals surface area (Å²) < 4.78 is 12.2. The molecule has 0 aliphatic heterocycles. The fraction of sp³-hybridized carbons (Fsp3) is 0.321. The van der Waals surface area contributed by atoms with Crippen molar-refractivity contribution in [3.63, 3.8) is 0 Å². The van der Waals surface area contributed by atoms with Crippen LogP contribution >= 0.6 is 34.7 Å². The first kappa shape index (κ1) is 28.9. The van der Waals surface area contributed by atoms with Crippen molar-refractivity contribution in [3.05, 3.63) is 75.3 Å². The van der Waals surface area contributed by atoms with Crippen LogP contribution in [0.25, 0.3) is 5.69 Å². The van der Waals surface area contributed by atoms with Crippen LogP contribution < -0.4 is 10.6 Å². The van der Waals surface area contributed by atoms with Crippen molar-refractivity contribution in [1.29, 1.82) is 0 Å². The van der Waals surface area contributed by atoms with E-state index < -0.39 is 17.1 Å². The summed E-state index contributed by atoms with van der Waals surface area (Å²) in [5.41, 5.74) is 2.13. The van der Waals surface area contributed by atoms with E-state index in [1.807, 2.05) is 6.07 Å². The lowest BCUT2D eigenvalue weighted by Crippen LogP contribution is -2.25. The fourth-order valence-corrected chi connectivity index (χ4v) is 6.87. The van der Waals surface area contributed by atoms with Crippen molar-refractivity contribution in [2.24, 2.45) is 0 Å². The number of rotatable bonds is 10. The van der Waals surface area contributed by atoms with Crippen LogP contribution in [0.2, 0.25) is 5.02 Å². The summed E-state index contributed by atoms with van der Waals surface area (Å²) >= 11 is 8.92. The van der Waals surface area contributed by atoms with Gasteiger partial charge in [0.2, 0.25) is 5.91 Å². The van der Waals surface area contributed by atoms with Gasteiger partial charge in [-0.25, -0.2) is 4.79 Å². The lowest BCUT2D eigenvalue weighted by molar-refractivity contribution is -0.115. The number of nitrogens with one attached hydrogen (secondary N) is 2. The molecular formula is C28H28ClN5O5S2. The Kier molecular flexibility index (Phi) is 9.11. The molecule has 4 aromatic rings. The average molecular weight is 614 g/mol. The van der Waals surface area contributed by atoms with Gasteiger partial charge in [0, 0.05) is 9.90 Å². The number of halogens is 1. The molecule has 0 radical (unpaired) electrons. The zero-order valence-corrected chi connectivity index (χ0v) is 24.8. The molecular weight excluding hydrogens is 586 g/mol. The molecule has 3 aromatic heterocycles. The topological polar surface area (TPSA) is 128 Å². The second-order valence-corrected chi connectivity index (χ2v) is 12.1. The van der Waals surface area contributed by atoms with E-state index in [1.54, 1.807) is 48.7 Å². The lowest BCUT2D eigenvalue weighted by atomic mass is 9.95. The van der Waals surface area contributed by atoms with Crippen molar-refractivity contribution in [2.75, 3.05) is 11.9 Å². The van der Waals surface area contributed by atoms with Crippen LogP contribution in [0.1, 0.15) is 63.9 Å². The maximum atomic E-state index is 13.4. The number of carbonyl (C=O) groups is 3. The molecule has 1 aromatic carbocycles. The number of carbonyl (C=O) groups excluding carboxylic acids is 3.